The van der Waals surface area contributed by atoms with Crippen molar-refractivity contribution < 1.29 is 24.6 Å². The summed E-state index contributed by atoms with van der Waals surface area (Å²) >= 11 is 1.50. The van der Waals surface area contributed by atoms with Crippen molar-refractivity contribution >= 4 is 29.2 Å². The lowest BCUT2D eigenvalue weighted by Crippen LogP contribution is -2.57. The van der Waals surface area contributed by atoms with Crippen molar-refractivity contribution in [2.45, 2.75) is 63.2 Å². The maximum absolute atomic E-state index is 13.6. The molecule has 8 nitrogen and oxygen atoms in total. The summed E-state index contributed by atoms with van der Waals surface area (Å²) in [4.78, 5) is 39.9. The van der Waals surface area contributed by atoms with Gasteiger partial charge in [0.05, 0.1) is 6.04 Å². The number of rotatable bonds is 12. The molecule has 1 aliphatic rings. The van der Waals surface area contributed by atoms with E-state index in [1.807, 2.05) is 41.8 Å². The summed E-state index contributed by atoms with van der Waals surface area (Å²) in [6.07, 6.45) is 2.86. The van der Waals surface area contributed by atoms with E-state index < -0.39 is 30.1 Å². The summed E-state index contributed by atoms with van der Waals surface area (Å²) in [6, 6.07) is 8.80. The quantitative estimate of drug-likeness (QED) is 0.348. The summed E-state index contributed by atoms with van der Waals surface area (Å²) in [5, 5.41) is 24.5. The number of fused-ring (bicyclic) bond motifs is 1. The molecule has 0 aliphatic carbocycles. The number of carbonyl (C=O) groups excluding carboxylic acids is 1. The van der Waals surface area contributed by atoms with E-state index in [0.29, 0.717) is 38.6 Å². The van der Waals surface area contributed by atoms with Crippen LogP contribution >= 0.6 is 11.3 Å². The second-order valence-electron chi connectivity index (χ2n) is 8.31. The summed E-state index contributed by atoms with van der Waals surface area (Å²) < 4.78 is 0. The predicted octanol–water partition coefficient (Wildman–Crippen LogP) is 2.26. The minimum Gasteiger partial charge on any atom is -0.480 e. The Morgan fingerprint density at radius 1 is 1.09 bits per heavy atom. The fourth-order valence-corrected chi connectivity index (χ4v) is 5.10. The highest BCUT2D eigenvalue weighted by atomic mass is 32.1. The molecule has 1 unspecified atom stereocenters. The van der Waals surface area contributed by atoms with Gasteiger partial charge in [-0.15, -0.1) is 11.3 Å². The molecular weight excluding hydrogens is 442 g/mol. The first-order chi connectivity index (χ1) is 15.9. The Kier molecular flexibility index (Phi) is 8.99. The number of carbonyl (C=O) groups is 3. The molecule has 3 atom stereocenters. The third-order valence-corrected chi connectivity index (χ3v) is 7.00. The van der Waals surface area contributed by atoms with Crippen molar-refractivity contribution in [1.82, 2.24) is 10.2 Å². The zero-order valence-corrected chi connectivity index (χ0v) is 19.3. The minimum absolute atomic E-state index is 0.214. The molecule has 0 spiro atoms. The average molecular weight is 474 g/mol. The highest BCUT2D eigenvalue weighted by molar-refractivity contribution is 7.10. The minimum atomic E-state index is -1.05. The molecule has 1 aromatic heterocycles. The first-order valence-corrected chi connectivity index (χ1v) is 12.1. The highest BCUT2D eigenvalue weighted by Gasteiger charge is 2.38. The number of amides is 1. The third-order valence-electron chi connectivity index (χ3n) is 6.01. The van der Waals surface area contributed by atoms with Crippen LogP contribution in [0.1, 0.15) is 41.7 Å². The largest absolute Gasteiger partial charge is 0.480 e. The molecule has 5 N–H and O–H groups in total. The molecule has 0 saturated heterocycles. The molecule has 3 rings (SSSR count). The lowest BCUT2D eigenvalue weighted by molar-refractivity contribution is -0.153. The number of nitrogens with two attached hydrogens (primary N) is 1. The molecule has 1 amide bonds. The number of unbranched alkanes of at least 4 members (excludes halogenated alkanes) is 1. The van der Waals surface area contributed by atoms with Gasteiger partial charge in [0.1, 0.15) is 12.1 Å². The summed E-state index contributed by atoms with van der Waals surface area (Å²) in [5.41, 5.74) is 7.58. The molecule has 33 heavy (non-hydrogen) atoms. The fourth-order valence-electron chi connectivity index (χ4n) is 4.17. The summed E-state index contributed by atoms with van der Waals surface area (Å²) in [6.45, 7) is 0.683. The number of carboxylic acid groups (broad SMARTS) is 2. The van der Waals surface area contributed by atoms with Crippen LogP contribution in [0.4, 0.5) is 0 Å². The Hall–Kier alpha value is -2.75. The van der Waals surface area contributed by atoms with Crippen molar-refractivity contribution in [2.75, 3.05) is 6.54 Å². The van der Waals surface area contributed by atoms with Gasteiger partial charge in [0.15, 0.2) is 0 Å². The zero-order valence-electron chi connectivity index (χ0n) is 18.5. The molecule has 1 aliphatic heterocycles. The van der Waals surface area contributed by atoms with Gasteiger partial charge in [-0.1, -0.05) is 36.8 Å². The van der Waals surface area contributed by atoms with Crippen molar-refractivity contribution in [2.24, 2.45) is 5.73 Å². The van der Waals surface area contributed by atoms with E-state index in [1.165, 1.54) is 16.2 Å². The van der Waals surface area contributed by atoms with Gasteiger partial charge in [-0.25, -0.2) is 4.79 Å². The van der Waals surface area contributed by atoms with Crippen LogP contribution in [0.25, 0.3) is 0 Å². The van der Waals surface area contributed by atoms with Crippen LogP contribution in [-0.2, 0) is 33.8 Å². The SMILES string of the molecule is NCCCC[C@H](N[C@@H](CCc1ccccc1)C(=O)O)C(=O)N1Cc2ccsc2CC1C(=O)O. The van der Waals surface area contributed by atoms with Gasteiger partial charge in [0.2, 0.25) is 5.91 Å². The molecule has 0 bridgehead atoms. The van der Waals surface area contributed by atoms with Crippen LogP contribution in [0.5, 0.6) is 0 Å². The molecule has 2 aromatic rings. The van der Waals surface area contributed by atoms with Crippen LogP contribution < -0.4 is 11.1 Å². The van der Waals surface area contributed by atoms with Gasteiger partial charge >= 0.3 is 11.9 Å². The van der Waals surface area contributed by atoms with Gasteiger partial charge in [-0.3, -0.25) is 14.9 Å². The van der Waals surface area contributed by atoms with Gasteiger partial charge in [-0.2, -0.15) is 0 Å². The van der Waals surface area contributed by atoms with E-state index in [1.54, 1.807) is 0 Å². The molecule has 0 radical (unpaired) electrons. The lowest BCUT2D eigenvalue weighted by atomic mass is 9.98. The van der Waals surface area contributed by atoms with Crippen molar-refractivity contribution in [3.63, 3.8) is 0 Å². The fraction of sp³-hybridized carbons (Fsp3) is 0.458. The Morgan fingerprint density at radius 2 is 1.85 bits per heavy atom. The number of benzene rings is 1. The second-order valence-corrected chi connectivity index (χ2v) is 9.31. The lowest BCUT2D eigenvalue weighted by Gasteiger charge is -2.36. The number of hydrogen-bond donors (Lipinski definition) is 4. The summed E-state index contributed by atoms with van der Waals surface area (Å²) in [7, 11) is 0. The Balaban J connectivity index is 1.77. The number of thiophene rings is 1. The molecule has 1 aromatic carbocycles. The number of nitrogens with zero attached hydrogens (tertiary/aromatic N) is 1. The molecule has 0 fully saturated rings. The first-order valence-electron chi connectivity index (χ1n) is 11.2. The maximum Gasteiger partial charge on any atom is 0.326 e. The first kappa shape index (κ1) is 24.9. The van der Waals surface area contributed by atoms with E-state index >= 15 is 0 Å². The molecular formula is C24H31N3O5S. The number of aliphatic carboxylic acids is 2. The Morgan fingerprint density at radius 3 is 2.52 bits per heavy atom. The van der Waals surface area contributed by atoms with E-state index in [4.69, 9.17) is 5.73 Å². The number of nitrogens with one attached hydrogen (secondary N) is 1. The normalized spacial score (nSPS) is 17.2. The monoisotopic (exact) mass is 473 g/mol. The average Bonchev–Trinajstić information content (AvgIpc) is 3.27. The standard InChI is InChI=1S/C24H31N3O5S/c25-12-5-4-8-18(26-19(23(29)30)10-9-16-6-2-1-3-7-16)22(28)27-15-17-11-13-33-21(17)14-20(27)24(31)32/h1-3,6-7,11,13,18-20,26H,4-5,8-10,12,14-15,25H2,(H,29,30)(H,31,32)/t18-,19-,20?/m0/s1. The van der Waals surface area contributed by atoms with Crippen LogP contribution in [0.15, 0.2) is 41.8 Å². The van der Waals surface area contributed by atoms with Crippen LogP contribution in [0.2, 0.25) is 0 Å². The van der Waals surface area contributed by atoms with Crippen LogP contribution in [0, 0.1) is 0 Å². The van der Waals surface area contributed by atoms with Gasteiger partial charge < -0.3 is 20.8 Å². The highest BCUT2D eigenvalue weighted by Crippen LogP contribution is 2.29. The molecule has 2 heterocycles. The Bertz CT molecular complexity index is 949. The number of hydrogen-bond acceptors (Lipinski definition) is 6. The van der Waals surface area contributed by atoms with Crippen LogP contribution in [0.3, 0.4) is 0 Å². The van der Waals surface area contributed by atoms with Gasteiger partial charge in [-0.05, 0) is 54.8 Å². The molecule has 0 saturated carbocycles. The maximum atomic E-state index is 13.6. The van der Waals surface area contributed by atoms with Crippen LogP contribution in [-0.4, -0.2) is 57.6 Å². The van der Waals surface area contributed by atoms with E-state index in [-0.39, 0.29) is 18.9 Å². The van der Waals surface area contributed by atoms with Gasteiger partial charge in [0, 0.05) is 17.8 Å². The van der Waals surface area contributed by atoms with E-state index in [9.17, 15) is 24.6 Å². The van der Waals surface area contributed by atoms with Crippen molar-refractivity contribution in [3.8, 4) is 0 Å². The molecule has 178 valence electrons. The molecule has 9 heteroatoms. The van der Waals surface area contributed by atoms with Crippen molar-refractivity contribution in [1.29, 1.82) is 0 Å². The van der Waals surface area contributed by atoms with E-state index in [0.717, 1.165) is 16.0 Å². The second kappa shape index (κ2) is 11.9. The Labute approximate surface area is 197 Å². The topological polar surface area (TPSA) is 133 Å². The predicted molar refractivity (Wildman–Crippen MR) is 126 cm³/mol. The van der Waals surface area contributed by atoms with Crippen molar-refractivity contribution in [3.05, 3.63) is 57.8 Å². The number of aryl methyl sites for hydroxylation is 1. The smallest absolute Gasteiger partial charge is 0.326 e. The third kappa shape index (κ3) is 6.63. The van der Waals surface area contributed by atoms with Gasteiger partial charge in [0.25, 0.3) is 0 Å². The van der Waals surface area contributed by atoms with E-state index in [2.05, 4.69) is 5.32 Å². The summed E-state index contributed by atoms with van der Waals surface area (Å²) in [5.74, 6) is -2.46. The zero-order chi connectivity index (χ0) is 23.8. The number of carboxylic acids is 2.